The van der Waals surface area contributed by atoms with Crippen molar-refractivity contribution in [2.75, 3.05) is 12.4 Å². The normalized spacial score (nSPS) is 11.3. The average Bonchev–Trinajstić information content (AvgIpc) is 1.85. The van der Waals surface area contributed by atoms with Gasteiger partial charge in [0.25, 0.3) is 10.1 Å². The van der Waals surface area contributed by atoms with Gasteiger partial charge >= 0.3 is 5.97 Å². The van der Waals surface area contributed by atoms with Crippen LogP contribution in [0, 0.1) is 0 Å². The second kappa shape index (κ2) is 3.52. The molecule has 0 rings (SSSR count). The zero-order chi connectivity index (χ0) is 8.20. The summed E-state index contributed by atoms with van der Waals surface area (Å²) in [4.78, 5) is 9.77. The molecule has 0 aromatic carbocycles. The number of hydrogen-bond acceptors (Lipinski definition) is 4. The van der Waals surface area contributed by atoms with Crippen LogP contribution in [0.1, 0.15) is 6.92 Å². The third-order valence-electron chi connectivity index (χ3n) is 0.716. The Hall–Kier alpha value is -0.620. The molecule has 6 heteroatoms. The maximum Gasteiger partial charge on any atom is 0.331 e. The summed E-state index contributed by atoms with van der Waals surface area (Å²) < 4.78 is 24.8. The van der Waals surface area contributed by atoms with Crippen LogP contribution in [0.4, 0.5) is 0 Å². The van der Waals surface area contributed by atoms with Crippen molar-refractivity contribution in [1.82, 2.24) is 0 Å². The summed E-state index contributed by atoms with van der Waals surface area (Å²) in [5.74, 6) is -1.50. The zero-order valence-electron chi connectivity index (χ0n) is 5.40. The van der Waals surface area contributed by atoms with Crippen LogP contribution < -0.4 is 0 Å². The molecule has 0 unspecified atom stereocenters. The van der Waals surface area contributed by atoms with E-state index in [0.29, 0.717) is 0 Å². The highest BCUT2D eigenvalue weighted by atomic mass is 32.2. The number of aliphatic carboxylic acids is 1. The number of hydrogen-bond donors (Lipinski definition) is 1. The Balaban J connectivity index is 3.81. The Labute approximate surface area is 58.7 Å². The predicted molar refractivity (Wildman–Crippen MR) is 33.0 cm³/mol. The van der Waals surface area contributed by atoms with E-state index in [-0.39, 0.29) is 5.75 Å². The van der Waals surface area contributed by atoms with Gasteiger partial charge in [0, 0.05) is 0 Å². The summed E-state index contributed by atoms with van der Waals surface area (Å²) in [5.41, 5.74) is 0. The molecular formula is C4H8O5S. The van der Waals surface area contributed by atoms with E-state index < -0.39 is 22.7 Å². The Kier molecular flexibility index (Phi) is 3.31. The van der Waals surface area contributed by atoms with Crippen LogP contribution >= 0.6 is 0 Å². The fourth-order valence-corrected chi connectivity index (χ4v) is 0.671. The van der Waals surface area contributed by atoms with Crippen molar-refractivity contribution in [3.8, 4) is 0 Å². The van der Waals surface area contributed by atoms with E-state index in [9.17, 15) is 13.2 Å². The summed E-state index contributed by atoms with van der Waals surface area (Å²) in [7, 11) is -3.60. The van der Waals surface area contributed by atoms with Crippen LogP contribution in [-0.2, 0) is 19.1 Å². The van der Waals surface area contributed by atoms with Crippen LogP contribution in [0.2, 0.25) is 0 Å². The maximum absolute atomic E-state index is 10.4. The highest BCUT2D eigenvalue weighted by Gasteiger charge is 2.09. The van der Waals surface area contributed by atoms with E-state index in [1.165, 1.54) is 6.92 Å². The van der Waals surface area contributed by atoms with Gasteiger partial charge in [-0.3, -0.25) is 4.18 Å². The van der Waals surface area contributed by atoms with Crippen molar-refractivity contribution in [1.29, 1.82) is 0 Å². The monoisotopic (exact) mass is 168 g/mol. The Bertz CT molecular complexity index is 204. The highest BCUT2D eigenvalue weighted by Crippen LogP contribution is 1.90. The van der Waals surface area contributed by atoms with E-state index in [4.69, 9.17) is 5.11 Å². The van der Waals surface area contributed by atoms with Gasteiger partial charge in [-0.05, 0) is 6.92 Å². The van der Waals surface area contributed by atoms with Crippen LogP contribution in [0.25, 0.3) is 0 Å². The molecule has 0 aromatic heterocycles. The van der Waals surface area contributed by atoms with Gasteiger partial charge in [0.05, 0.1) is 5.75 Å². The first kappa shape index (κ1) is 9.38. The van der Waals surface area contributed by atoms with Gasteiger partial charge < -0.3 is 5.11 Å². The molecule has 0 fully saturated rings. The lowest BCUT2D eigenvalue weighted by molar-refractivity contribution is -0.139. The molecule has 0 aromatic rings. The molecule has 0 heterocycles. The molecule has 0 radical (unpaired) electrons. The topological polar surface area (TPSA) is 80.7 Å². The van der Waals surface area contributed by atoms with Crippen LogP contribution in [-0.4, -0.2) is 31.9 Å². The largest absolute Gasteiger partial charge is 0.479 e. The van der Waals surface area contributed by atoms with Gasteiger partial charge in [-0.15, -0.1) is 0 Å². The number of rotatable bonds is 4. The third kappa shape index (κ3) is 4.28. The highest BCUT2D eigenvalue weighted by molar-refractivity contribution is 7.86. The number of carboxylic acids is 1. The minimum Gasteiger partial charge on any atom is -0.479 e. The van der Waals surface area contributed by atoms with Crippen molar-refractivity contribution >= 4 is 16.1 Å². The van der Waals surface area contributed by atoms with Crippen molar-refractivity contribution in [2.45, 2.75) is 6.92 Å². The molecule has 0 aliphatic carbocycles. The van der Waals surface area contributed by atoms with E-state index in [1.807, 2.05) is 0 Å². The number of carboxylic acid groups (broad SMARTS) is 1. The van der Waals surface area contributed by atoms with Crippen LogP contribution in [0.5, 0.6) is 0 Å². The molecule has 1 N–H and O–H groups in total. The Morgan fingerprint density at radius 1 is 1.60 bits per heavy atom. The molecule has 0 aliphatic heterocycles. The Morgan fingerprint density at radius 3 is 2.40 bits per heavy atom. The van der Waals surface area contributed by atoms with Gasteiger partial charge in [0.1, 0.15) is 0 Å². The summed E-state index contributed by atoms with van der Waals surface area (Å²) in [6, 6.07) is 0. The minimum absolute atomic E-state index is 0.208. The van der Waals surface area contributed by atoms with Gasteiger partial charge in [0.15, 0.2) is 6.61 Å². The predicted octanol–water partition coefficient (Wildman–Crippen LogP) is -0.563. The SMILES string of the molecule is CCS(=O)(=O)OCC(=O)O. The second-order valence-corrected chi connectivity index (χ2v) is 3.43. The summed E-state index contributed by atoms with van der Waals surface area (Å²) in [6.45, 7) is 0.577. The molecular weight excluding hydrogens is 160 g/mol. The van der Waals surface area contributed by atoms with E-state index in [0.717, 1.165) is 0 Å². The zero-order valence-corrected chi connectivity index (χ0v) is 6.22. The van der Waals surface area contributed by atoms with Crippen molar-refractivity contribution < 1.29 is 22.5 Å². The van der Waals surface area contributed by atoms with Gasteiger partial charge in [0.2, 0.25) is 0 Å². The Morgan fingerprint density at radius 2 is 2.10 bits per heavy atom. The van der Waals surface area contributed by atoms with Gasteiger partial charge in [-0.2, -0.15) is 8.42 Å². The lowest BCUT2D eigenvalue weighted by Gasteiger charge is -1.97. The molecule has 0 bridgehead atoms. The molecule has 0 aliphatic rings. The standard InChI is InChI=1S/C4H8O5S/c1-2-10(7,8)9-3-4(5)6/h2-3H2,1H3,(H,5,6). The summed E-state index contributed by atoms with van der Waals surface area (Å²) in [5, 5.41) is 7.98. The van der Waals surface area contributed by atoms with E-state index in [2.05, 4.69) is 4.18 Å². The average molecular weight is 168 g/mol. The first-order valence-electron chi connectivity index (χ1n) is 2.57. The molecule has 0 atom stereocenters. The first-order valence-corrected chi connectivity index (χ1v) is 4.14. The molecule has 10 heavy (non-hydrogen) atoms. The van der Waals surface area contributed by atoms with E-state index in [1.54, 1.807) is 0 Å². The molecule has 0 saturated heterocycles. The molecule has 5 nitrogen and oxygen atoms in total. The minimum atomic E-state index is -3.60. The van der Waals surface area contributed by atoms with Crippen molar-refractivity contribution in [2.24, 2.45) is 0 Å². The fourth-order valence-electron chi connectivity index (χ4n) is 0.224. The molecule has 60 valence electrons. The van der Waals surface area contributed by atoms with Crippen LogP contribution in [0.3, 0.4) is 0 Å². The maximum atomic E-state index is 10.4. The fraction of sp³-hybridized carbons (Fsp3) is 0.750. The van der Waals surface area contributed by atoms with Crippen LogP contribution in [0.15, 0.2) is 0 Å². The lowest BCUT2D eigenvalue weighted by Crippen LogP contribution is -2.14. The second-order valence-electron chi connectivity index (χ2n) is 1.50. The lowest BCUT2D eigenvalue weighted by atomic mass is 10.8. The van der Waals surface area contributed by atoms with Gasteiger partial charge in [-0.1, -0.05) is 0 Å². The third-order valence-corrected chi connectivity index (χ3v) is 1.90. The van der Waals surface area contributed by atoms with Crippen molar-refractivity contribution in [3.05, 3.63) is 0 Å². The molecule has 0 spiro atoms. The van der Waals surface area contributed by atoms with Crippen molar-refractivity contribution in [3.63, 3.8) is 0 Å². The quantitative estimate of drug-likeness (QED) is 0.569. The number of carbonyl (C=O) groups is 1. The summed E-state index contributed by atoms with van der Waals surface area (Å²) >= 11 is 0. The molecule has 0 amide bonds. The molecule has 0 saturated carbocycles. The summed E-state index contributed by atoms with van der Waals surface area (Å²) in [6.07, 6.45) is 0. The van der Waals surface area contributed by atoms with Gasteiger partial charge in [-0.25, -0.2) is 4.79 Å². The van der Waals surface area contributed by atoms with E-state index >= 15 is 0 Å². The smallest absolute Gasteiger partial charge is 0.331 e. The first-order chi connectivity index (χ1) is 4.48.